The highest BCUT2D eigenvalue weighted by Gasteiger charge is 2.20. The maximum atomic E-state index is 6.84. The second kappa shape index (κ2) is 9.57. The van der Waals surface area contributed by atoms with Crippen molar-refractivity contribution in [2.24, 2.45) is 0 Å². The van der Waals surface area contributed by atoms with Crippen LogP contribution in [0.15, 0.2) is 167 Å². The number of hydrogen-bond donors (Lipinski definition) is 0. The fourth-order valence-corrected chi connectivity index (χ4v) is 8.11. The van der Waals surface area contributed by atoms with Crippen LogP contribution >= 0.6 is 0 Å². The number of rotatable bonds is 2. The fourth-order valence-electron chi connectivity index (χ4n) is 8.11. The maximum Gasteiger partial charge on any atom is 0.147 e. The Morgan fingerprint density at radius 1 is 0.292 bits per heavy atom. The van der Waals surface area contributed by atoms with Gasteiger partial charge in [-0.25, -0.2) is 0 Å². The predicted molar refractivity (Wildman–Crippen MR) is 202 cm³/mol. The van der Waals surface area contributed by atoms with Crippen molar-refractivity contribution < 1.29 is 8.83 Å². The standard InChI is InChI=1S/C46H26O2/c1-2-11-29-25-30(18-17-27(29)9-1)42-34-13-5-7-15-36(34)43(37-16-8-6-14-35(37)42)31-19-21-33-38-22-24-40-45(46(38)48-41(33)26-31)44-32-12-4-3-10-28(32)20-23-39(44)47-40/h1-26H. The summed E-state index contributed by atoms with van der Waals surface area (Å²) in [6, 6.07) is 56.7. The minimum atomic E-state index is 0.842. The van der Waals surface area contributed by atoms with E-state index in [0.717, 1.165) is 49.4 Å². The molecule has 9 aromatic carbocycles. The van der Waals surface area contributed by atoms with Gasteiger partial charge in [-0.2, -0.15) is 0 Å². The van der Waals surface area contributed by atoms with Crippen molar-refractivity contribution in [3.05, 3.63) is 158 Å². The molecule has 11 rings (SSSR count). The molecule has 0 aliphatic rings. The first-order valence-electron chi connectivity index (χ1n) is 16.4. The van der Waals surface area contributed by atoms with E-state index in [1.807, 2.05) is 0 Å². The largest absolute Gasteiger partial charge is 0.456 e. The lowest BCUT2D eigenvalue weighted by Crippen LogP contribution is -1.90. The zero-order chi connectivity index (χ0) is 31.3. The summed E-state index contributed by atoms with van der Waals surface area (Å²) in [5, 5.41) is 14.1. The van der Waals surface area contributed by atoms with Gasteiger partial charge in [0.05, 0.1) is 5.39 Å². The van der Waals surface area contributed by atoms with Gasteiger partial charge in [0.1, 0.15) is 22.3 Å². The van der Waals surface area contributed by atoms with Crippen molar-refractivity contribution in [2.75, 3.05) is 0 Å². The maximum absolute atomic E-state index is 6.84. The molecule has 0 fully saturated rings. The molecular weight excluding hydrogens is 585 g/mol. The molecule has 0 unspecified atom stereocenters. The molecule has 2 nitrogen and oxygen atoms in total. The third-order valence-corrected chi connectivity index (χ3v) is 10.2. The lowest BCUT2D eigenvalue weighted by atomic mass is 9.85. The van der Waals surface area contributed by atoms with Gasteiger partial charge < -0.3 is 8.83 Å². The third kappa shape index (κ3) is 3.52. The highest BCUT2D eigenvalue weighted by Crippen LogP contribution is 2.46. The highest BCUT2D eigenvalue weighted by molar-refractivity contribution is 6.28. The molecule has 0 atom stereocenters. The van der Waals surface area contributed by atoms with E-state index in [1.54, 1.807) is 0 Å². The Balaban J connectivity index is 1.19. The third-order valence-electron chi connectivity index (χ3n) is 10.2. The quantitative estimate of drug-likeness (QED) is 0.182. The Kier molecular flexibility index (Phi) is 5.14. The molecule has 0 spiro atoms. The molecule has 0 saturated heterocycles. The van der Waals surface area contributed by atoms with E-state index in [0.29, 0.717) is 0 Å². The van der Waals surface area contributed by atoms with Crippen LogP contribution in [0.25, 0.3) is 109 Å². The molecule has 48 heavy (non-hydrogen) atoms. The summed E-state index contributed by atoms with van der Waals surface area (Å²) < 4.78 is 13.2. The molecule has 11 aromatic rings. The van der Waals surface area contributed by atoms with Crippen molar-refractivity contribution in [2.45, 2.75) is 0 Å². The van der Waals surface area contributed by atoms with Crippen LogP contribution in [0.3, 0.4) is 0 Å². The number of hydrogen-bond acceptors (Lipinski definition) is 2. The van der Waals surface area contributed by atoms with Crippen LogP contribution in [0, 0.1) is 0 Å². The second-order valence-electron chi connectivity index (χ2n) is 12.8. The first-order chi connectivity index (χ1) is 23.8. The number of furan rings is 2. The zero-order valence-electron chi connectivity index (χ0n) is 25.8. The number of benzene rings is 9. The van der Waals surface area contributed by atoms with Crippen molar-refractivity contribution >= 4 is 87.0 Å². The summed E-state index contributed by atoms with van der Waals surface area (Å²) in [5.41, 5.74) is 8.31. The molecule has 0 saturated carbocycles. The van der Waals surface area contributed by atoms with E-state index in [2.05, 4.69) is 158 Å². The van der Waals surface area contributed by atoms with Crippen molar-refractivity contribution in [1.29, 1.82) is 0 Å². The molecule has 0 N–H and O–H groups in total. The smallest absolute Gasteiger partial charge is 0.147 e. The lowest BCUT2D eigenvalue weighted by molar-refractivity contribution is 0.663. The molecule has 0 radical (unpaired) electrons. The molecule has 0 amide bonds. The zero-order valence-corrected chi connectivity index (χ0v) is 25.8. The summed E-state index contributed by atoms with van der Waals surface area (Å²) in [6.07, 6.45) is 0. The van der Waals surface area contributed by atoms with Crippen LogP contribution in [0.5, 0.6) is 0 Å². The highest BCUT2D eigenvalue weighted by atomic mass is 16.3. The molecule has 0 bridgehead atoms. The summed E-state index contributed by atoms with van der Waals surface area (Å²) in [6.45, 7) is 0. The van der Waals surface area contributed by atoms with E-state index >= 15 is 0 Å². The van der Waals surface area contributed by atoms with E-state index in [1.165, 1.54) is 59.8 Å². The Bertz CT molecular complexity index is 3060. The fraction of sp³-hybridized carbons (Fsp3) is 0. The van der Waals surface area contributed by atoms with Crippen molar-refractivity contribution in [3.63, 3.8) is 0 Å². The first-order valence-corrected chi connectivity index (χ1v) is 16.4. The Morgan fingerprint density at radius 2 is 0.812 bits per heavy atom. The van der Waals surface area contributed by atoms with E-state index < -0.39 is 0 Å². The van der Waals surface area contributed by atoms with Gasteiger partial charge in [0.25, 0.3) is 0 Å². The van der Waals surface area contributed by atoms with Crippen molar-refractivity contribution in [1.82, 2.24) is 0 Å². The average Bonchev–Trinajstić information content (AvgIpc) is 3.72. The summed E-state index contributed by atoms with van der Waals surface area (Å²) in [7, 11) is 0. The van der Waals surface area contributed by atoms with Gasteiger partial charge in [0.15, 0.2) is 0 Å². The monoisotopic (exact) mass is 610 g/mol. The van der Waals surface area contributed by atoms with E-state index in [9.17, 15) is 0 Å². The van der Waals surface area contributed by atoms with Gasteiger partial charge in [-0.1, -0.05) is 121 Å². The van der Waals surface area contributed by atoms with Crippen LogP contribution in [-0.2, 0) is 0 Å². The van der Waals surface area contributed by atoms with Gasteiger partial charge in [0, 0.05) is 16.2 Å². The normalized spacial score (nSPS) is 12.2. The predicted octanol–water partition coefficient (Wildman–Crippen LogP) is 13.4. The van der Waals surface area contributed by atoms with Crippen LogP contribution in [-0.4, -0.2) is 0 Å². The average molecular weight is 611 g/mol. The Hall–Kier alpha value is -6.38. The minimum absolute atomic E-state index is 0.842. The van der Waals surface area contributed by atoms with Crippen LogP contribution in [0.1, 0.15) is 0 Å². The summed E-state index contributed by atoms with van der Waals surface area (Å²) in [5.74, 6) is 0. The van der Waals surface area contributed by atoms with Gasteiger partial charge in [0.2, 0.25) is 0 Å². The van der Waals surface area contributed by atoms with Crippen LogP contribution in [0.2, 0.25) is 0 Å². The topological polar surface area (TPSA) is 26.3 Å². The first kappa shape index (κ1) is 25.8. The van der Waals surface area contributed by atoms with Crippen molar-refractivity contribution in [3.8, 4) is 22.3 Å². The van der Waals surface area contributed by atoms with E-state index in [-0.39, 0.29) is 0 Å². The molecule has 0 aliphatic heterocycles. The second-order valence-corrected chi connectivity index (χ2v) is 12.8. The lowest BCUT2D eigenvalue weighted by Gasteiger charge is -2.18. The van der Waals surface area contributed by atoms with Gasteiger partial charge in [-0.15, -0.1) is 0 Å². The molecular formula is C46H26O2. The summed E-state index contributed by atoms with van der Waals surface area (Å²) >= 11 is 0. The molecule has 0 aliphatic carbocycles. The van der Waals surface area contributed by atoms with Gasteiger partial charge in [-0.3, -0.25) is 0 Å². The minimum Gasteiger partial charge on any atom is -0.456 e. The molecule has 2 heteroatoms. The summed E-state index contributed by atoms with van der Waals surface area (Å²) in [4.78, 5) is 0. The Labute approximate surface area is 275 Å². The molecule has 2 aromatic heterocycles. The van der Waals surface area contributed by atoms with Gasteiger partial charge in [-0.05, 0) is 102 Å². The SMILES string of the molecule is c1ccc2cc(-c3c4ccccc4c(-c4ccc5c(c4)oc4c5ccc5oc6ccc7ccccc7c6c54)c4ccccc34)ccc2c1. The number of fused-ring (bicyclic) bond motifs is 12. The van der Waals surface area contributed by atoms with Crippen LogP contribution in [0.4, 0.5) is 0 Å². The van der Waals surface area contributed by atoms with Gasteiger partial charge >= 0.3 is 0 Å². The van der Waals surface area contributed by atoms with Crippen LogP contribution < -0.4 is 0 Å². The Morgan fingerprint density at radius 3 is 1.54 bits per heavy atom. The molecule has 2 heterocycles. The van der Waals surface area contributed by atoms with E-state index in [4.69, 9.17) is 8.83 Å². The molecule has 222 valence electrons.